The Hall–Kier alpha value is -2.95. The minimum absolute atomic E-state index is 0.0151. The molecule has 3 aromatic rings. The van der Waals surface area contributed by atoms with Crippen LogP contribution in [0.1, 0.15) is 10.4 Å². The largest absolute Gasteiger partial charge is 0.507 e. The zero-order valence-electron chi connectivity index (χ0n) is 18.3. The third-order valence-electron chi connectivity index (χ3n) is 5.06. The lowest BCUT2D eigenvalue weighted by Gasteiger charge is -2.19. The van der Waals surface area contributed by atoms with Gasteiger partial charge in [-0.3, -0.25) is 18.2 Å². The molecule has 0 aliphatic heterocycles. The number of amides is 1. The van der Waals surface area contributed by atoms with Crippen molar-refractivity contribution in [1.29, 1.82) is 0 Å². The third kappa shape index (κ3) is 5.88. The molecule has 0 unspecified atom stereocenters. The number of phenolic OH excluding ortho intramolecular Hbond substituents is 1. The average Bonchev–Trinajstić information content (AvgIpc) is 2.76. The number of phenols is 1. The van der Waals surface area contributed by atoms with Gasteiger partial charge in [0.05, 0.1) is 26.9 Å². The molecule has 194 valence electrons. The van der Waals surface area contributed by atoms with E-state index >= 15 is 0 Å². The van der Waals surface area contributed by atoms with Crippen molar-refractivity contribution >= 4 is 69.9 Å². The lowest BCUT2D eigenvalue weighted by atomic mass is 10.1. The number of nitrogens with zero attached hydrogens (tertiary/aromatic N) is 1. The highest BCUT2D eigenvalue weighted by Crippen LogP contribution is 2.37. The van der Waals surface area contributed by atoms with Crippen LogP contribution in [0, 0.1) is 0 Å². The van der Waals surface area contributed by atoms with Gasteiger partial charge in [0, 0.05) is 29.9 Å². The number of sulfonamides is 1. The maximum Gasteiger partial charge on any atom is 0.294 e. The first kappa shape index (κ1) is 27.6. The van der Waals surface area contributed by atoms with Crippen molar-refractivity contribution in [3.8, 4) is 5.75 Å². The highest BCUT2D eigenvalue weighted by molar-refractivity contribution is 7.92. The fourth-order valence-corrected chi connectivity index (χ4v) is 5.82. The average molecular weight is 579 g/mol. The Morgan fingerprint density at radius 3 is 1.94 bits per heavy atom. The Morgan fingerprint density at radius 2 is 1.44 bits per heavy atom. The van der Waals surface area contributed by atoms with Crippen LogP contribution < -0.4 is 9.62 Å². The maximum absolute atomic E-state index is 12.8. The van der Waals surface area contributed by atoms with E-state index in [-0.39, 0.29) is 39.3 Å². The highest BCUT2D eigenvalue weighted by atomic mass is 35.5. The Morgan fingerprint density at radius 1 is 0.917 bits per heavy atom. The minimum Gasteiger partial charge on any atom is -0.507 e. The van der Waals surface area contributed by atoms with Gasteiger partial charge in [-0.25, -0.2) is 8.42 Å². The molecule has 3 aromatic carbocycles. The van der Waals surface area contributed by atoms with Gasteiger partial charge in [-0.15, -0.1) is 11.6 Å². The molecule has 0 heterocycles. The summed E-state index contributed by atoms with van der Waals surface area (Å²) >= 11 is 5.51. The summed E-state index contributed by atoms with van der Waals surface area (Å²) in [5, 5.41) is 12.4. The minimum atomic E-state index is -4.83. The summed E-state index contributed by atoms with van der Waals surface area (Å²) in [5.41, 5.74) is -0.0392. The summed E-state index contributed by atoms with van der Waals surface area (Å²) in [6.07, 6.45) is 0. The number of anilines is 2. The van der Waals surface area contributed by atoms with Gasteiger partial charge in [0.15, 0.2) is 0 Å². The first-order valence-electron chi connectivity index (χ1n) is 9.74. The van der Waals surface area contributed by atoms with Gasteiger partial charge in [-0.05, 0) is 47.9 Å². The van der Waals surface area contributed by atoms with Gasteiger partial charge in [-0.2, -0.15) is 16.8 Å². The van der Waals surface area contributed by atoms with Crippen molar-refractivity contribution in [3.05, 3.63) is 54.1 Å². The fraction of sp³-hybridized carbons (Fsp3) is 0.150. The fourth-order valence-electron chi connectivity index (χ4n) is 3.25. The second-order valence-corrected chi connectivity index (χ2v) is 12.8. The molecule has 1 amide bonds. The number of hydrogen-bond donors (Lipinski definition) is 4. The topological polar surface area (TPSA) is 195 Å². The van der Waals surface area contributed by atoms with Crippen LogP contribution >= 0.6 is 11.6 Å². The maximum atomic E-state index is 12.8. The van der Waals surface area contributed by atoms with Gasteiger partial charge in [0.25, 0.3) is 26.1 Å². The number of halogens is 1. The van der Waals surface area contributed by atoms with E-state index in [0.717, 1.165) is 22.5 Å². The van der Waals surface area contributed by atoms with E-state index in [4.69, 9.17) is 11.6 Å². The van der Waals surface area contributed by atoms with Crippen molar-refractivity contribution in [1.82, 2.24) is 0 Å². The molecule has 0 saturated heterocycles. The first-order valence-corrected chi connectivity index (χ1v) is 14.8. The zero-order chi connectivity index (χ0) is 27.1. The van der Waals surface area contributed by atoms with Crippen LogP contribution in [0.5, 0.6) is 5.75 Å². The van der Waals surface area contributed by atoms with Crippen molar-refractivity contribution < 1.29 is 44.3 Å². The number of benzene rings is 3. The molecule has 3 rings (SSSR count). The Balaban J connectivity index is 2.05. The van der Waals surface area contributed by atoms with Gasteiger partial charge in [0.1, 0.15) is 5.75 Å². The number of fused-ring (bicyclic) bond motifs is 1. The van der Waals surface area contributed by atoms with Gasteiger partial charge in [0.2, 0.25) is 10.0 Å². The summed E-state index contributed by atoms with van der Waals surface area (Å²) in [7, 11) is -12.0. The number of aromatic hydroxyl groups is 1. The quantitative estimate of drug-likeness (QED) is 0.227. The molecule has 0 aromatic heterocycles. The molecule has 0 fully saturated rings. The number of alkyl halides is 1. The van der Waals surface area contributed by atoms with E-state index in [9.17, 15) is 44.3 Å². The monoisotopic (exact) mass is 578 g/mol. The first-order chi connectivity index (χ1) is 16.5. The normalized spacial score (nSPS) is 12.4. The predicted octanol–water partition coefficient (Wildman–Crippen LogP) is 2.30. The highest BCUT2D eigenvalue weighted by Gasteiger charge is 2.22. The van der Waals surface area contributed by atoms with E-state index in [2.05, 4.69) is 5.32 Å². The summed E-state index contributed by atoms with van der Waals surface area (Å²) in [5.74, 6) is -1.92. The molecular weight excluding hydrogens is 560 g/mol. The van der Waals surface area contributed by atoms with Crippen molar-refractivity contribution in [2.24, 2.45) is 0 Å². The summed E-state index contributed by atoms with van der Waals surface area (Å²) < 4.78 is 90.5. The number of carbonyl (C=O) groups excluding carboxylic acids is 1. The van der Waals surface area contributed by atoms with Crippen LogP contribution in [0.15, 0.2) is 58.3 Å². The van der Waals surface area contributed by atoms with E-state index in [1.54, 1.807) is 0 Å². The smallest absolute Gasteiger partial charge is 0.294 e. The van der Waals surface area contributed by atoms with Gasteiger partial charge < -0.3 is 10.4 Å². The molecule has 16 heteroatoms. The third-order valence-corrected chi connectivity index (χ3v) is 8.91. The molecule has 0 spiro atoms. The SMILES string of the molecule is CN(c1ccc(C(=O)Nc2cc(S(=O)(=O)O)cc3cc(S(=O)(=O)O)cc(O)c23)cc1)S(=O)(=O)CCCl. The van der Waals surface area contributed by atoms with Gasteiger partial charge >= 0.3 is 0 Å². The molecule has 12 nitrogen and oxygen atoms in total. The Kier molecular flexibility index (Phi) is 7.55. The van der Waals surface area contributed by atoms with Crippen molar-refractivity contribution in [3.63, 3.8) is 0 Å². The van der Waals surface area contributed by atoms with Crippen LogP contribution in [0.25, 0.3) is 10.8 Å². The number of rotatable bonds is 8. The standard InChI is InChI=1S/C20H19ClN2O10S3/c1-23(34(26,27)7-6-21)14-4-2-12(3-5-14)20(25)22-17-10-15(35(28,29)30)8-13-9-16(36(31,32)33)11-18(24)19(13)17/h2-5,8-11,24H,6-7H2,1H3,(H,22,25)(H,28,29,30)(H,31,32,33). The van der Waals surface area contributed by atoms with Crippen LogP contribution in [0.3, 0.4) is 0 Å². The molecule has 0 radical (unpaired) electrons. The summed E-state index contributed by atoms with van der Waals surface area (Å²) in [4.78, 5) is 11.4. The Bertz CT molecular complexity index is 1670. The van der Waals surface area contributed by atoms with E-state index in [1.807, 2.05) is 0 Å². The summed E-state index contributed by atoms with van der Waals surface area (Å²) in [6, 6.07) is 8.54. The molecule has 0 bridgehead atoms. The number of carbonyl (C=O) groups is 1. The number of hydrogen-bond acceptors (Lipinski definition) is 8. The number of nitrogens with one attached hydrogen (secondary N) is 1. The molecule has 36 heavy (non-hydrogen) atoms. The van der Waals surface area contributed by atoms with Crippen molar-refractivity contribution in [2.45, 2.75) is 9.79 Å². The van der Waals surface area contributed by atoms with Crippen LogP contribution in [0.4, 0.5) is 11.4 Å². The van der Waals surface area contributed by atoms with Crippen LogP contribution in [-0.2, 0) is 30.3 Å². The lowest BCUT2D eigenvalue weighted by molar-refractivity contribution is 0.102. The van der Waals surface area contributed by atoms with Gasteiger partial charge in [-0.1, -0.05) is 0 Å². The molecule has 0 atom stereocenters. The predicted molar refractivity (Wildman–Crippen MR) is 133 cm³/mol. The second kappa shape index (κ2) is 9.84. The zero-order valence-corrected chi connectivity index (χ0v) is 21.5. The molecule has 0 saturated carbocycles. The molecular formula is C20H19ClN2O10S3. The Labute approximate surface area is 211 Å². The molecule has 0 aliphatic rings. The van der Waals surface area contributed by atoms with E-state index < -0.39 is 51.7 Å². The molecule has 0 aliphatic carbocycles. The van der Waals surface area contributed by atoms with Crippen molar-refractivity contribution in [2.75, 3.05) is 28.3 Å². The van der Waals surface area contributed by atoms with Crippen LogP contribution in [0.2, 0.25) is 0 Å². The van der Waals surface area contributed by atoms with Crippen LogP contribution in [-0.4, -0.2) is 64.1 Å². The second-order valence-electron chi connectivity index (χ2n) is 7.43. The van der Waals surface area contributed by atoms with E-state index in [0.29, 0.717) is 6.07 Å². The summed E-state index contributed by atoms with van der Waals surface area (Å²) in [6.45, 7) is 0. The van der Waals surface area contributed by atoms with E-state index in [1.165, 1.54) is 31.3 Å². The molecule has 4 N–H and O–H groups in total. The lowest BCUT2D eigenvalue weighted by Crippen LogP contribution is -2.29.